The summed E-state index contributed by atoms with van der Waals surface area (Å²) in [6.07, 6.45) is 4.19. The Morgan fingerprint density at radius 3 is 2.49 bits per heavy atom. The van der Waals surface area contributed by atoms with E-state index in [9.17, 15) is 9.59 Å². The molecule has 0 spiro atoms. The van der Waals surface area contributed by atoms with Crippen molar-refractivity contribution in [1.82, 2.24) is 14.7 Å². The number of carbonyl (C=O) groups is 2. The van der Waals surface area contributed by atoms with E-state index in [0.717, 1.165) is 34.0 Å². The Kier molecular flexibility index (Phi) is 12.3. The van der Waals surface area contributed by atoms with Crippen molar-refractivity contribution in [2.45, 2.75) is 53.5 Å². The number of nitrogens with one attached hydrogen (secondary N) is 1. The second kappa shape index (κ2) is 15.1. The number of anilines is 1. The second-order valence-electron chi connectivity index (χ2n) is 8.34. The molecule has 0 aliphatic carbocycles. The molecule has 0 fully saturated rings. The summed E-state index contributed by atoms with van der Waals surface area (Å²) < 4.78 is 11.1. The Morgan fingerprint density at radius 1 is 1.16 bits per heavy atom. The normalized spacial score (nSPS) is 12.3. The van der Waals surface area contributed by atoms with Gasteiger partial charge in [-0.25, -0.2) is 9.59 Å². The molecule has 206 valence electrons. The summed E-state index contributed by atoms with van der Waals surface area (Å²) in [4.78, 5) is 31.3. The first-order valence-electron chi connectivity index (χ1n) is 13.0. The van der Waals surface area contributed by atoms with Crippen molar-refractivity contribution < 1.29 is 20.5 Å². The van der Waals surface area contributed by atoms with Crippen LogP contribution in [0.4, 0.5) is 14.6 Å². The lowest BCUT2D eigenvalue weighted by atomic mass is 10.0. The number of ether oxygens (including phenoxy) is 2. The van der Waals surface area contributed by atoms with Crippen LogP contribution in [0.5, 0.6) is 11.5 Å². The van der Waals surface area contributed by atoms with Crippen LogP contribution in [0, 0.1) is 0 Å². The average Bonchev–Trinajstić information content (AvgIpc) is 3.36. The molecule has 0 saturated heterocycles. The number of methoxy groups -OCH3 is 2. The number of fused-ring (bicyclic) bond motifs is 1. The van der Waals surface area contributed by atoms with E-state index in [1.807, 2.05) is 67.1 Å². The molecule has 0 bridgehead atoms. The molecule has 1 aromatic carbocycles. The van der Waals surface area contributed by atoms with Crippen LogP contribution in [-0.4, -0.2) is 67.7 Å². The minimum Gasteiger partial charge on any atom is -0.497 e. The van der Waals surface area contributed by atoms with Crippen molar-refractivity contribution in [3.05, 3.63) is 52.5 Å². The van der Waals surface area contributed by atoms with Gasteiger partial charge in [0.1, 0.15) is 11.5 Å². The zero-order valence-electron chi connectivity index (χ0n) is 23.3. The van der Waals surface area contributed by atoms with E-state index in [1.54, 1.807) is 26.2 Å². The van der Waals surface area contributed by atoms with Gasteiger partial charge in [-0.05, 0) is 62.3 Å². The van der Waals surface area contributed by atoms with E-state index >= 15 is 0 Å². The number of carbonyl (C=O) groups excluding carboxylic acids is 2. The highest BCUT2D eigenvalue weighted by Gasteiger charge is 2.27. The third-order valence-electron chi connectivity index (χ3n) is 6.24. The minimum atomic E-state index is -0.136. The zero-order chi connectivity index (χ0) is 27.4. The second-order valence-corrected chi connectivity index (χ2v) is 9.29. The Labute approximate surface area is 227 Å². The Morgan fingerprint density at radius 2 is 1.89 bits per heavy atom. The van der Waals surface area contributed by atoms with Crippen LogP contribution in [0.25, 0.3) is 0 Å². The molecule has 8 nitrogen and oxygen atoms in total. The molecular weight excluding hydrogens is 488 g/mol. The molecule has 3 rings (SSSR count). The summed E-state index contributed by atoms with van der Waals surface area (Å²) in [7, 11) is 5.07. The largest absolute Gasteiger partial charge is 0.497 e. The van der Waals surface area contributed by atoms with Gasteiger partial charge in [0, 0.05) is 45.4 Å². The van der Waals surface area contributed by atoms with Gasteiger partial charge in [-0.15, -0.1) is 11.3 Å². The van der Waals surface area contributed by atoms with E-state index in [1.165, 1.54) is 11.3 Å². The number of amides is 4. The predicted molar refractivity (Wildman–Crippen MR) is 154 cm³/mol. The number of allylic oxidation sites excluding steroid dienone is 2. The summed E-state index contributed by atoms with van der Waals surface area (Å²) >= 11 is 1.49. The van der Waals surface area contributed by atoms with Crippen molar-refractivity contribution in [2.24, 2.45) is 0 Å². The fourth-order valence-electron chi connectivity index (χ4n) is 4.19. The Hall–Kier alpha value is -3.20. The molecule has 4 amide bonds. The first-order chi connectivity index (χ1) is 17.9. The van der Waals surface area contributed by atoms with Crippen LogP contribution in [0.2, 0.25) is 0 Å². The summed E-state index contributed by atoms with van der Waals surface area (Å²) in [6, 6.07) is 7.50. The summed E-state index contributed by atoms with van der Waals surface area (Å²) in [6.45, 7) is 10.3. The molecular formula is C28H44N4O4S. The van der Waals surface area contributed by atoms with Gasteiger partial charge in [-0.2, -0.15) is 0 Å². The van der Waals surface area contributed by atoms with Crippen LogP contribution in [0.3, 0.4) is 0 Å². The van der Waals surface area contributed by atoms with Gasteiger partial charge in [0.25, 0.3) is 0 Å². The Bertz CT molecular complexity index is 1040. The fraction of sp³-hybridized carbons (Fsp3) is 0.500. The quantitative estimate of drug-likeness (QED) is 0.391. The van der Waals surface area contributed by atoms with Gasteiger partial charge in [-0.3, -0.25) is 10.2 Å². The number of rotatable bonds is 9. The molecule has 2 aromatic rings. The number of hydrogen-bond donors (Lipinski definition) is 1. The van der Waals surface area contributed by atoms with E-state index < -0.39 is 0 Å². The number of nitrogens with zero attached hydrogens (tertiary/aromatic N) is 3. The molecule has 0 unspecified atom stereocenters. The first kappa shape index (κ1) is 30.0. The molecule has 0 radical (unpaired) electrons. The first-order valence-corrected chi connectivity index (χ1v) is 13.8. The SMILES string of the molecule is CC.CCN(CC)C(=O)N1Cc2cc(OC)cc(OC)c2CC=C1CCCN(C)C(=O)Nc1cccs1.[HH]. The minimum absolute atomic E-state index is 0. The summed E-state index contributed by atoms with van der Waals surface area (Å²) in [5, 5.41) is 5.66. The zero-order valence-corrected chi connectivity index (χ0v) is 24.1. The molecule has 1 N–H and O–H groups in total. The van der Waals surface area contributed by atoms with Crippen LogP contribution in [-0.2, 0) is 13.0 Å². The van der Waals surface area contributed by atoms with E-state index in [0.29, 0.717) is 44.8 Å². The van der Waals surface area contributed by atoms with Gasteiger partial charge < -0.3 is 19.3 Å². The molecule has 0 atom stereocenters. The molecule has 0 saturated carbocycles. The molecule has 9 heteroatoms. The topological polar surface area (TPSA) is 74.4 Å². The fourth-order valence-corrected chi connectivity index (χ4v) is 4.80. The van der Waals surface area contributed by atoms with Crippen molar-refractivity contribution >= 4 is 28.4 Å². The number of urea groups is 2. The van der Waals surface area contributed by atoms with Gasteiger partial charge in [-0.1, -0.05) is 19.9 Å². The van der Waals surface area contributed by atoms with Crippen molar-refractivity contribution in [3.63, 3.8) is 0 Å². The molecule has 1 aromatic heterocycles. The van der Waals surface area contributed by atoms with Crippen molar-refractivity contribution in [2.75, 3.05) is 46.2 Å². The lowest BCUT2D eigenvalue weighted by molar-refractivity contribution is 0.166. The van der Waals surface area contributed by atoms with Gasteiger partial charge in [0.15, 0.2) is 0 Å². The van der Waals surface area contributed by atoms with Crippen LogP contribution in [0.15, 0.2) is 41.4 Å². The average molecular weight is 533 g/mol. The van der Waals surface area contributed by atoms with E-state index in [-0.39, 0.29) is 13.5 Å². The van der Waals surface area contributed by atoms with Crippen LogP contribution >= 0.6 is 11.3 Å². The molecule has 37 heavy (non-hydrogen) atoms. The van der Waals surface area contributed by atoms with Crippen LogP contribution in [0.1, 0.15) is 53.1 Å². The maximum atomic E-state index is 13.5. The third-order valence-corrected chi connectivity index (χ3v) is 7.02. The monoisotopic (exact) mass is 532 g/mol. The van der Waals surface area contributed by atoms with Crippen molar-refractivity contribution in [1.29, 1.82) is 0 Å². The standard InChI is InChI=1S/C26H36N4O4S.C2H6.H2/c1-6-29(7-2)26(32)30-18-19-16-21(33-4)17-23(34-5)22(19)13-12-20(30)10-8-14-28(3)25(31)27-24-11-9-15-35-24;1-2;/h9,11-12,15-17H,6-8,10,13-14,18H2,1-5H3,(H,27,31);1-2H3;1H. The highest BCUT2D eigenvalue weighted by molar-refractivity contribution is 7.14. The maximum Gasteiger partial charge on any atom is 0.324 e. The predicted octanol–water partition coefficient (Wildman–Crippen LogP) is 6.69. The van der Waals surface area contributed by atoms with Crippen LogP contribution < -0.4 is 14.8 Å². The van der Waals surface area contributed by atoms with Gasteiger partial charge in [0.2, 0.25) is 0 Å². The number of hydrogen-bond acceptors (Lipinski definition) is 5. The van der Waals surface area contributed by atoms with Crippen molar-refractivity contribution in [3.8, 4) is 11.5 Å². The van der Waals surface area contributed by atoms with Gasteiger partial charge in [0.05, 0.1) is 25.8 Å². The highest BCUT2D eigenvalue weighted by Crippen LogP contribution is 2.34. The molecule has 1 aliphatic heterocycles. The summed E-state index contributed by atoms with van der Waals surface area (Å²) in [5.74, 6) is 1.47. The Balaban J connectivity index is 0.00000235. The van der Waals surface area contributed by atoms with E-state index in [4.69, 9.17) is 9.47 Å². The number of benzene rings is 1. The van der Waals surface area contributed by atoms with Gasteiger partial charge >= 0.3 is 12.1 Å². The summed E-state index contributed by atoms with van der Waals surface area (Å²) in [5.41, 5.74) is 3.04. The smallest absolute Gasteiger partial charge is 0.324 e. The highest BCUT2D eigenvalue weighted by atomic mass is 32.1. The molecule has 2 heterocycles. The lowest BCUT2D eigenvalue weighted by Gasteiger charge is -2.31. The third kappa shape index (κ3) is 7.89. The van der Waals surface area contributed by atoms with E-state index in [2.05, 4.69) is 11.4 Å². The molecule has 1 aliphatic rings. The number of thiophene rings is 1. The lowest BCUT2D eigenvalue weighted by Crippen LogP contribution is -2.42. The maximum absolute atomic E-state index is 13.5.